The topological polar surface area (TPSA) is 46.2 Å². The van der Waals surface area contributed by atoms with Crippen molar-refractivity contribution in [1.29, 1.82) is 0 Å². The highest BCUT2D eigenvalue weighted by Crippen LogP contribution is 2.30. The third kappa shape index (κ3) is 4.04. The number of nitrogens with one attached hydrogen (secondary N) is 2. The zero-order valence-electron chi connectivity index (χ0n) is 13.5. The van der Waals surface area contributed by atoms with Gasteiger partial charge in [0, 0.05) is 19.2 Å². The van der Waals surface area contributed by atoms with Crippen LogP contribution in [0.15, 0.2) is 12.3 Å². The van der Waals surface area contributed by atoms with Crippen molar-refractivity contribution in [2.75, 3.05) is 18.4 Å². The molecule has 1 aliphatic rings. The van der Waals surface area contributed by atoms with Crippen molar-refractivity contribution < 1.29 is 25.0 Å². The predicted molar refractivity (Wildman–Crippen MR) is 69.5 cm³/mol. The lowest BCUT2D eigenvalue weighted by atomic mass is 10.1. The summed E-state index contributed by atoms with van der Waals surface area (Å²) in [5, 5.41) is 5.16. The maximum atomic E-state index is 13.8. The molecule has 1 aromatic heterocycles. The summed E-state index contributed by atoms with van der Waals surface area (Å²) in [5.41, 5.74) is -1.23. The normalized spacial score (nSPS) is 28.8. The van der Waals surface area contributed by atoms with Gasteiger partial charge < -0.3 is 15.4 Å². The molecule has 0 saturated carbocycles. The van der Waals surface area contributed by atoms with Gasteiger partial charge in [0.1, 0.15) is 0 Å². The molecule has 0 bridgehead atoms. The zero-order chi connectivity index (χ0) is 17.4. The summed E-state index contributed by atoms with van der Waals surface area (Å²) in [6.07, 6.45) is -4.87. The molecule has 21 heavy (non-hydrogen) atoms. The fourth-order valence-corrected chi connectivity index (χ4v) is 1.95. The van der Waals surface area contributed by atoms with Gasteiger partial charge >= 0.3 is 6.18 Å². The van der Waals surface area contributed by atoms with Gasteiger partial charge in [0.25, 0.3) is 0 Å². The first kappa shape index (κ1) is 13.3. The van der Waals surface area contributed by atoms with Crippen LogP contribution < -0.4 is 10.6 Å². The maximum Gasteiger partial charge on any atom is 0.417 e. The minimum atomic E-state index is -4.71. The summed E-state index contributed by atoms with van der Waals surface area (Å²) in [5.74, 6) is -1.86. The second kappa shape index (κ2) is 6.15. The van der Waals surface area contributed by atoms with Crippen LogP contribution in [-0.2, 0) is 10.9 Å². The average Bonchev–Trinajstić information content (AvgIpc) is 2.39. The average molecular weight is 309 g/mol. The molecule has 2 N–H and O–H groups in total. The maximum absolute atomic E-state index is 13.8. The minimum absolute atomic E-state index is 0.0991. The lowest BCUT2D eigenvalue weighted by molar-refractivity contribution is -0.138. The lowest BCUT2D eigenvalue weighted by Crippen LogP contribution is -2.53. The molecule has 4 nitrogen and oxygen atoms in total. The molecule has 0 aromatic carbocycles. The Kier molecular flexibility index (Phi) is 3.88. The lowest BCUT2D eigenvalue weighted by Gasteiger charge is -2.34. The number of aromatic nitrogens is 1. The van der Waals surface area contributed by atoms with Crippen LogP contribution in [0.2, 0.25) is 0 Å². The molecular formula is C13H17F4N3O. The predicted octanol–water partition coefficient (Wildman–Crippen LogP) is 2.42. The van der Waals surface area contributed by atoms with E-state index in [0.717, 1.165) is 0 Å². The van der Waals surface area contributed by atoms with Crippen molar-refractivity contribution >= 4 is 5.82 Å². The second-order valence-corrected chi connectivity index (χ2v) is 4.86. The van der Waals surface area contributed by atoms with Crippen molar-refractivity contribution in [2.24, 2.45) is 0 Å². The van der Waals surface area contributed by atoms with Crippen LogP contribution in [-0.4, -0.2) is 36.3 Å². The third-order valence-corrected chi connectivity index (χ3v) is 3.06. The highest BCUT2D eigenvalue weighted by Gasteiger charge is 2.32. The minimum Gasteiger partial charge on any atom is -0.373 e. The van der Waals surface area contributed by atoms with Gasteiger partial charge in [-0.3, -0.25) is 0 Å². The molecule has 2 heterocycles. The van der Waals surface area contributed by atoms with E-state index in [-0.39, 0.29) is 12.2 Å². The Balaban J connectivity index is 2.17. The van der Waals surface area contributed by atoms with E-state index in [2.05, 4.69) is 15.6 Å². The highest BCUT2D eigenvalue weighted by molar-refractivity contribution is 5.38. The van der Waals surface area contributed by atoms with Crippen LogP contribution >= 0.6 is 0 Å². The number of alkyl halides is 3. The number of halogens is 4. The summed E-state index contributed by atoms with van der Waals surface area (Å²) >= 11 is 0. The van der Waals surface area contributed by atoms with Gasteiger partial charge in [-0.05, 0) is 19.9 Å². The first-order valence-corrected chi connectivity index (χ1v) is 6.40. The number of ether oxygens (including phenoxy) is 1. The van der Waals surface area contributed by atoms with Gasteiger partial charge in [-0.2, -0.15) is 13.2 Å². The van der Waals surface area contributed by atoms with E-state index in [1.807, 2.05) is 6.92 Å². The summed E-state index contributed by atoms with van der Waals surface area (Å²) in [6.45, 7) is 1.70. The molecule has 0 amide bonds. The number of pyridine rings is 1. The molecule has 0 radical (unpaired) electrons. The van der Waals surface area contributed by atoms with Gasteiger partial charge in [-0.1, -0.05) is 0 Å². The smallest absolute Gasteiger partial charge is 0.373 e. The van der Waals surface area contributed by atoms with Gasteiger partial charge in [0.2, 0.25) is 0 Å². The Morgan fingerprint density at radius 2 is 2.24 bits per heavy atom. The van der Waals surface area contributed by atoms with Crippen LogP contribution in [0.25, 0.3) is 0 Å². The van der Waals surface area contributed by atoms with E-state index >= 15 is 0 Å². The molecule has 0 spiro atoms. The van der Waals surface area contributed by atoms with Crippen LogP contribution in [0.3, 0.4) is 0 Å². The van der Waals surface area contributed by atoms with E-state index < -0.39 is 42.0 Å². The van der Waals surface area contributed by atoms with Crippen molar-refractivity contribution in [3.63, 3.8) is 0 Å². The zero-order valence-corrected chi connectivity index (χ0v) is 11.5. The quantitative estimate of drug-likeness (QED) is 0.842. The van der Waals surface area contributed by atoms with Crippen LogP contribution in [0, 0.1) is 5.82 Å². The number of anilines is 1. The number of morpholine rings is 1. The van der Waals surface area contributed by atoms with E-state index in [1.54, 1.807) is 6.92 Å². The summed E-state index contributed by atoms with van der Waals surface area (Å²) < 4.78 is 72.8. The fraction of sp³-hybridized carbons (Fsp3) is 0.615. The molecule has 1 fully saturated rings. The molecule has 1 aliphatic heterocycles. The van der Waals surface area contributed by atoms with E-state index in [9.17, 15) is 17.6 Å². The Labute approximate surface area is 122 Å². The van der Waals surface area contributed by atoms with Gasteiger partial charge in [0.05, 0.1) is 26.6 Å². The highest BCUT2D eigenvalue weighted by atomic mass is 19.4. The van der Waals surface area contributed by atoms with Crippen molar-refractivity contribution in [2.45, 2.75) is 38.3 Å². The largest absolute Gasteiger partial charge is 0.417 e. The van der Waals surface area contributed by atoms with Crippen LogP contribution in [0.1, 0.15) is 22.2 Å². The Morgan fingerprint density at radius 1 is 1.52 bits per heavy atom. The van der Waals surface area contributed by atoms with E-state index in [1.165, 1.54) is 0 Å². The molecule has 8 heteroatoms. The Bertz CT molecular complexity index is 571. The van der Waals surface area contributed by atoms with Crippen molar-refractivity contribution in [3.8, 4) is 0 Å². The molecule has 1 saturated heterocycles. The third-order valence-electron chi connectivity index (χ3n) is 3.06. The Morgan fingerprint density at radius 3 is 2.81 bits per heavy atom. The number of rotatable bonds is 3. The van der Waals surface area contributed by atoms with Gasteiger partial charge in [-0.25, -0.2) is 9.37 Å². The Hall–Kier alpha value is -1.41. The fourth-order valence-electron chi connectivity index (χ4n) is 1.95. The number of nitrogens with zero attached hydrogens (tertiary/aromatic N) is 1. The monoisotopic (exact) mass is 309 g/mol. The van der Waals surface area contributed by atoms with Crippen LogP contribution in [0.5, 0.6) is 0 Å². The number of hydrogen-bond donors (Lipinski definition) is 2. The summed E-state index contributed by atoms with van der Waals surface area (Å²) in [4.78, 5) is 3.35. The molecule has 1 aromatic rings. The SMILES string of the molecule is [2H]C([2H])(Nc1ncc(C(F)(F)F)cc1F)[C@H]1NC[C@@H](C)O[C@H]1C. The summed E-state index contributed by atoms with van der Waals surface area (Å²) in [6, 6.07) is -0.538. The van der Waals surface area contributed by atoms with Gasteiger partial charge in [0.15, 0.2) is 11.6 Å². The first-order valence-electron chi connectivity index (χ1n) is 7.40. The molecule has 118 valence electrons. The molecule has 0 aliphatic carbocycles. The molecular weight excluding hydrogens is 290 g/mol. The molecule has 2 rings (SSSR count). The standard InChI is InChI=1S/C13H17F4N3O/c1-7-4-18-11(8(2)21-7)6-20-12-10(14)3-9(5-19-12)13(15,16)17/h3,5,7-8,11,18H,4,6H2,1-2H3,(H,19,20)/t7-,8+,11-/m1/s1/i6D2. The summed E-state index contributed by atoms with van der Waals surface area (Å²) in [7, 11) is 0. The van der Waals surface area contributed by atoms with Crippen LogP contribution in [0.4, 0.5) is 23.4 Å². The van der Waals surface area contributed by atoms with Crippen molar-refractivity contribution in [3.05, 3.63) is 23.6 Å². The molecule has 0 unspecified atom stereocenters. The van der Waals surface area contributed by atoms with E-state index in [4.69, 9.17) is 7.48 Å². The number of hydrogen-bond acceptors (Lipinski definition) is 4. The molecule has 3 atom stereocenters. The first-order chi connectivity index (χ1) is 10.5. The van der Waals surface area contributed by atoms with Crippen molar-refractivity contribution in [1.82, 2.24) is 10.3 Å². The van der Waals surface area contributed by atoms with E-state index in [0.29, 0.717) is 12.7 Å². The second-order valence-electron chi connectivity index (χ2n) is 4.86. The van der Waals surface area contributed by atoms with Gasteiger partial charge in [-0.15, -0.1) is 0 Å².